The first kappa shape index (κ1) is 11.7. The number of hydrogen-bond acceptors (Lipinski definition) is 3. The van der Waals surface area contributed by atoms with E-state index in [0.717, 1.165) is 0 Å². The molecule has 0 fully saturated rings. The highest BCUT2D eigenvalue weighted by Gasteiger charge is 2.06. The second-order valence-corrected chi connectivity index (χ2v) is 3.56. The molecule has 0 amide bonds. The lowest BCUT2D eigenvalue weighted by atomic mass is 10.3. The summed E-state index contributed by atoms with van der Waals surface area (Å²) in [4.78, 5) is 0. The van der Waals surface area contributed by atoms with Crippen molar-refractivity contribution in [3.05, 3.63) is 60.2 Å². The highest BCUT2D eigenvalue weighted by molar-refractivity contribution is 7.90. The van der Waals surface area contributed by atoms with E-state index >= 15 is 0 Å². The lowest BCUT2D eigenvalue weighted by molar-refractivity contribution is 0.482. The number of rotatable bonds is 4. The highest BCUT2D eigenvalue weighted by atomic mass is 32.2. The molecule has 2 nitrogen and oxygen atoms in total. The predicted octanol–water partition coefficient (Wildman–Crippen LogP) is 3.99. The zero-order chi connectivity index (χ0) is 12.1. The molecule has 0 N–H and O–H groups in total. The lowest BCUT2D eigenvalue weighted by Gasteiger charge is -2.05. The Kier molecular flexibility index (Phi) is 3.82. The Morgan fingerprint density at radius 3 is 1.53 bits per heavy atom. The third-order valence-corrected chi connectivity index (χ3v) is 2.42. The van der Waals surface area contributed by atoms with Crippen molar-refractivity contribution in [2.45, 2.75) is 0 Å². The summed E-state index contributed by atoms with van der Waals surface area (Å²) in [6, 6.07) is 11.8. The molecule has 0 atom stereocenters. The molecule has 0 radical (unpaired) electrons. The zero-order valence-electron chi connectivity index (χ0n) is 8.60. The third kappa shape index (κ3) is 3.10. The third-order valence-electron chi connectivity index (χ3n) is 1.92. The van der Waals surface area contributed by atoms with Gasteiger partial charge in [-0.05, 0) is 24.3 Å². The molecule has 0 saturated carbocycles. The minimum atomic E-state index is -0.503. The second kappa shape index (κ2) is 5.54. The van der Waals surface area contributed by atoms with Crippen LogP contribution in [-0.4, -0.2) is 0 Å². The summed E-state index contributed by atoms with van der Waals surface area (Å²) in [6.45, 7) is 0. The summed E-state index contributed by atoms with van der Waals surface area (Å²) in [5.41, 5.74) is 0. The predicted molar refractivity (Wildman–Crippen MR) is 61.6 cm³/mol. The minimum absolute atomic E-state index is 0.0360. The van der Waals surface area contributed by atoms with E-state index in [4.69, 9.17) is 8.37 Å². The molecule has 0 aliphatic carbocycles. The van der Waals surface area contributed by atoms with Gasteiger partial charge in [-0.3, -0.25) is 0 Å². The fraction of sp³-hybridized carbons (Fsp3) is 0. The molecule has 0 aromatic heterocycles. The van der Waals surface area contributed by atoms with Crippen LogP contribution in [-0.2, 0) is 0 Å². The maximum absolute atomic E-state index is 13.1. The van der Waals surface area contributed by atoms with Crippen LogP contribution in [0.3, 0.4) is 0 Å². The van der Waals surface area contributed by atoms with Gasteiger partial charge in [0, 0.05) is 0 Å². The molecule has 17 heavy (non-hydrogen) atoms. The van der Waals surface area contributed by atoms with Gasteiger partial charge in [0.1, 0.15) is 0 Å². The number of benzene rings is 2. The van der Waals surface area contributed by atoms with Gasteiger partial charge in [-0.25, -0.2) is 8.78 Å². The second-order valence-electron chi connectivity index (χ2n) is 3.10. The van der Waals surface area contributed by atoms with E-state index in [1.807, 2.05) is 0 Å². The Morgan fingerprint density at radius 2 is 1.12 bits per heavy atom. The van der Waals surface area contributed by atoms with Crippen molar-refractivity contribution in [1.29, 1.82) is 0 Å². The van der Waals surface area contributed by atoms with Gasteiger partial charge >= 0.3 is 0 Å². The van der Waals surface area contributed by atoms with Gasteiger partial charge in [-0.2, -0.15) is 0 Å². The van der Waals surface area contributed by atoms with Crippen LogP contribution in [0.25, 0.3) is 0 Å². The van der Waals surface area contributed by atoms with E-state index in [-0.39, 0.29) is 11.5 Å². The minimum Gasteiger partial charge on any atom is -0.388 e. The highest BCUT2D eigenvalue weighted by Crippen LogP contribution is 2.24. The number of halogens is 2. The summed E-state index contributed by atoms with van der Waals surface area (Å²) >= 11 is 0.508. The fourth-order valence-corrected chi connectivity index (χ4v) is 1.57. The summed E-state index contributed by atoms with van der Waals surface area (Å²) in [5, 5.41) is 0. The van der Waals surface area contributed by atoms with E-state index < -0.39 is 11.6 Å². The van der Waals surface area contributed by atoms with Crippen molar-refractivity contribution in [3.8, 4) is 11.5 Å². The van der Waals surface area contributed by atoms with Crippen LogP contribution < -0.4 is 8.37 Å². The van der Waals surface area contributed by atoms with Gasteiger partial charge in [0.05, 0.1) is 0 Å². The first-order valence-corrected chi connectivity index (χ1v) is 5.44. The van der Waals surface area contributed by atoms with Gasteiger partial charge in [-0.1, -0.05) is 24.3 Å². The summed E-state index contributed by atoms with van der Waals surface area (Å²) in [6.07, 6.45) is 0. The SMILES string of the molecule is Fc1ccccc1OSOc1ccccc1F. The van der Waals surface area contributed by atoms with E-state index in [0.29, 0.717) is 12.3 Å². The Bertz CT molecular complexity index is 460. The van der Waals surface area contributed by atoms with Crippen LogP contribution in [0.15, 0.2) is 48.5 Å². The van der Waals surface area contributed by atoms with Gasteiger partial charge in [0.25, 0.3) is 12.3 Å². The van der Waals surface area contributed by atoms with Crippen molar-refractivity contribution in [3.63, 3.8) is 0 Å². The van der Waals surface area contributed by atoms with Crippen molar-refractivity contribution < 1.29 is 17.1 Å². The van der Waals surface area contributed by atoms with E-state index in [9.17, 15) is 8.78 Å². The fourth-order valence-electron chi connectivity index (χ4n) is 1.11. The molecule has 0 spiro atoms. The Hall–Kier alpha value is -1.75. The summed E-state index contributed by atoms with van der Waals surface area (Å²) < 4.78 is 36.2. The van der Waals surface area contributed by atoms with Crippen LogP contribution >= 0.6 is 12.3 Å². The Labute approximate surface area is 102 Å². The van der Waals surface area contributed by atoms with E-state index in [1.54, 1.807) is 24.3 Å². The first-order chi connectivity index (χ1) is 8.27. The summed E-state index contributed by atoms with van der Waals surface area (Å²) in [5.74, 6) is -0.933. The topological polar surface area (TPSA) is 18.5 Å². The Balaban J connectivity index is 1.93. The lowest BCUT2D eigenvalue weighted by Crippen LogP contribution is -1.91. The number of para-hydroxylation sites is 2. The maximum Gasteiger partial charge on any atom is 0.293 e. The summed E-state index contributed by atoms with van der Waals surface area (Å²) in [7, 11) is 0. The molecular formula is C12H8F2O2S. The molecule has 2 aromatic rings. The van der Waals surface area contributed by atoms with E-state index in [1.165, 1.54) is 24.3 Å². The van der Waals surface area contributed by atoms with E-state index in [2.05, 4.69) is 0 Å². The monoisotopic (exact) mass is 254 g/mol. The van der Waals surface area contributed by atoms with Crippen molar-refractivity contribution in [1.82, 2.24) is 0 Å². The molecule has 0 unspecified atom stereocenters. The van der Waals surface area contributed by atoms with Crippen molar-refractivity contribution in [2.24, 2.45) is 0 Å². The molecule has 0 aliphatic heterocycles. The van der Waals surface area contributed by atoms with Crippen molar-refractivity contribution in [2.75, 3.05) is 0 Å². The number of hydrogen-bond donors (Lipinski definition) is 0. The standard InChI is InChI=1S/C12H8F2O2S/c13-9-5-1-3-7-11(9)15-17-16-12-8-4-2-6-10(12)14/h1-8H. The smallest absolute Gasteiger partial charge is 0.293 e. The maximum atomic E-state index is 13.1. The molecule has 0 heterocycles. The molecule has 5 heteroatoms. The van der Waals surface area contributed by atoms with Crippen LogP contribution in [0.5, 0.6) is 11.5 Å². The molecular weight excluding hydrogens is 246 g/mol. The van der Waals surface area contributed by atoms with Crippen molar-refractivity contribution >= 4 is 12.3 Å². The van der Waals surface area contributed by atoms with Crippen LogP contribution in [0.1, 0.15) is 0 Å². The van der Waals surface area contributed by atoms with Gasteiger partial charge in [-0.15, -0.1) is 0 Å². The molecule has 2 rings (SSSR count). The van der Waals surface area contributed by atoms with Gasteiger partial charge in [0.2, 0.25) is 0 Å². The van der Waals surface area contributed by atoms with Crippen LogP contribution in [0.4, 0.5) is 8.78 Å². The average molecular weight is 254 g/mol. The quantitative estimate of drug-likeness (QED) is 0.769. The largest absolute Gasteiger partial charge is 0.388 e. The van der Waals surface area contributed by atoms with Crippen LogP contribution in [0, 0.1) is 11.6 Å². The van der Waals surface area contributed by atoms with Crippen LogP contribution in [0.2, 0.25) is 0 Å². The molecule has 88 valence electrons. The molecule has 0 saturated heterocycles. The van der Waals surface area contributed by atoms with Gasteiger partial charge in [0.15, 0.2) is 23.1 Å². The molecule has 2 aromatic carbocycles. The normalized spacial score (nSPS) is 10.0. The van der Waals surface area contributed by atoms with Gasteiger partial charge < -0.3 is 8.37 Å². The average Bonchev–Trinajstić information content (AvgIpc) is 2.34. The molecule has 0 bridgehead atoms. The Morgan fingerprint density at radius 1 is 0.706 bits per heavy atom. The zero-order valence-corrected chi connectivity index (χ0v) is 9.42. The molecule has 0 aliphatic rings. The first-order valence-electron chi connectivity index (χ1n) is 4.77.